The highest BCUT2D eigenvalue weighted by Gasteiger charge is 2.42. The molecular formula is C30H28Cl3F2N3O3S. The molecule has 6 rings (SSSR count). The summed E-state index contributed by atoms with van der Waals surface area (Å²) in [4.78, 5) is 21.7. The van der Waals surface area contributed by atoms with E-state index in [4.69, 9.17) is 44.3 Å². The summed E-state index contributed by atoms with van der Waals surface area (Å²) in [6.07, 6.45) is 6.43. The number of benzene rings is 2. The zero-order valence-corrected chi connectivity index (χ0v) is 25.6. The SMILES string of the molecule is O=C(C1=C(c2cnc(COCCOc3c(F)ccc(F)c3Cl)s2)CC2CCC1N2)N(Cc1cccc(Cl)c1Cl)C1CC1. The summed E-state index contributed by atoms with van der Waals surface area (Å²) in [5.41, 5.74) is 2.69. The highest BCUT2D eigenvalue weighted by atomic mass is 35.5. The lowest BCUT2D eigenvalue weighted by Gasteiger charge is -2.31. The minimum atomic E-state index is -0.753. The Kier molecular flexibility index (Phi) is 9.05. The van der Waals surface area contributed by atoms with Crippen molar-refractivity contribution >= 4 is 57.6 Å². The number of nitrogens with zero attached hydrogens (tertiary/aromatic N) is 2. The van der Waals surface area contributed by atoms with Crippen molar-refractivity contribution in [1.29, 1.82) is 0 Å². The van der Waals surface area contributed by atoms with E-state index in [9.17, 15) is 13.6 Å². The third-order valence-corrected chi connectivity index (χ3v) is 10.0. The average Bonchev–Trinajstić information content (AvgIpc) is 3.59. The van der Waals surface area contributed by atoms with Crippen molar-refractivity contribution in [2.45, 2.75) is 63.4 Å². The largest absolute Gasteiger partial charge is 0.486 e. The van der Waals surface area contributed by atoms with Gasteiger partial charge in [0.25, 0.3) is 5.91 Å². The van der Waals surface area contributed by atoms with Gasteiger partial charge in [-0.25, -0.2) is 13.8 Å². The number of carbonyl (C=O) groups is 1. The van der Waals surface area contributed by atoms with Crippen LogP contribution in [0, 0.1) is 11.6 Å². The monoisotopic (exact) mass is 653 g/mol. The lowest BCUT2D eigenvalue weighted by atomic mass is 9.93. The van der Waals surface area contributed by atoms with Crippen LogP contribution in [0.1, 0.15) is 47.6 Å². The van der Waals surface area contributed by atoms with Gasteiger partial charge in [0.2, 0.25) is 0 Å². The summed E-state index contributed by atoms with van der Waals surface area (Å²) >= 11 is 20.1. The smallest absolute Gasteiger partial charge is 0.252 e. The molecular weight excluding hydrogens is 627 g/mol. The van der Waals surface area contributed by atoms with Crippen LogP contribution in [0.2, 0.25) is 15.1 Å². The third-order valence-electron chi connectivity index (χ3n) is 7.77. The number of fused-ring (bicyclic) bond motifs is 2. The molecule has 2 aromatic carbocycles. The number of aromatic nitrogens is 1. The van der Waals surface area contributed by atoms with Crippen molar-refractivity contribution in [3.8, 4) is 5.75 Å². The van der Waals surface area contributed by atoms with Gasteiger partial charge in [0, 0.05) is 36.4 Å². The van der Waals surface area contributed by atoms with Gasteiger partial charge in [-0.1, -0.05) is 46.9 Å². The highest BCUT2D eigenvalue weighted by molar-refractivity contribution is 7.12. The van der Waals surface area contributed by atoms with Crippen molar-refractivity contribution < 1.29 is 23.0 Å². The fraction of sp³-hybridized carbons (Fsp3) is 0.400. The number of nitrogens with one attached hydrogen (secondary N) is 1. The molecule has 3 aliphatic rings. The lowest BCUT2D eigenvalue weighted by Crippen LogP contribution is -2.44. The molecule has 2 atom stereocenters. The van der Waals surface area contributed by atoms with E-state index >= 15 is 0 Å². The molecule has 3 heterocycles. The van der Waals surface area contributed by atoms with E-state index in [-0.39, 0.29) is 43.6 Å². The molecule has 1 saturated heterocycles. The fourth-order valence-corrected chi connectivity index (χ4v) is 7.08. The van der Waals surface area contributed by atoms with Gasteiger partial charge in [0.1, 0.15) is 22.5 Å². The average molecular weight is 655 g/mol. The first-order chi connectivity index (χ1) is 20.3. The van der Waals surface area contributed by atoms with Crippen LogP contribution in [0.4, 0.5) is 8.78 Å². The van der Waals surface area contributed by atoms with Gasteiger partial charge in [-0.15, -0.1) is 11.3 Å². The van der Waals surface area contributed by atoms with Crippen LogP contribution < -0.4 is 10.1 Å². The Hall–Kier alpha value is -2.27. The molecule has 1 aliphatic carbocycles. The summed E-state index contributed by atoms with van der Waals surface area (Å²) in [5, 5.41) is 4.94. The van der Waals surface area contributed by atoms with Gasteiger partial charge in [0.15, 0.2) is 11.6 Å². The summed E-state index contributed by atoms with van der Waals surface area (Å²) in [7, 11) is 0. The molecule has 2 unspecified atom stereocenters. The van der Waals surface area contributed by atoms with Gasteiger partial charge in [0.05, 0.1) is 28.1 Å². The first-order valence-corrected chi connectivity index (χ1v) is 15.8. The maximum absolute atomic E-state index is 14.2. The molecule has 2 bridgehead atoms. The molecule has 1 saturated carbocycles. The molecule has 1 N–H and O–H groups in total. The topological polar surface area (TPSA) is 63.7 Å². The molecule has 2 aliphatic heterocycles. The molecule has 1 amide bonds. The summed E-state index contributed by atoms with van der Waals surface area (Å²) in [6, 6.07) is 7.94. The Labute approximate surface area is 261 Å². The van der Waals surface area contributed by atoms with Crippen LogP contribution in [-0.2, 0) is 22.7 Å². The second-order valence-corrected chi connectivity index (χ2v) is 12.9. The summed E-state index contributed by atoms with van der Waals surface area (Å²) in [6.45, 7) is 0.746. The van der Waals surface area contributed by atoms with Crippen molar-refractivity contribution in [1.82, 2.24) is 15.2 Å². The second-order valence-electron chi connectivity index (χ2n) is 10.7. The quantitative estimate of drug-likeness (QED) is 0.172. The normalized spacial score (nSPS) is 19.8. The van der Waals surface area contributed by atoms with Crippen LogP contribution in [0.5, 0.6) is 5.75 Å². The molecule has 42 heavy (non-hydrogen) atoms. The van der Waals surface area contributed by atoms with Gasteiger partial charge in [-0.3, -0.25) is 4.79 Å². The lowest BCUT2D eigenvalue weighted by molar-refractivity contribution is -0.128. The van der Waals surface area contributed by atoms with Crippen LogP contribution in [-0.4, -0.2) is 47.1 Å². The number of thiazole rings is 1. The van der Waals surface area contributed by atoms with Crippen molar-refractivity contribution in [3.63, 3.8) is 0 Å². The molecule has 1 aromatic heterocycles. The number of carbonyl (C=O) groups excluding carboxylic acids is 1. The number of ether oxygens (including phenoxy) is 2. The van der Waals surface area contributed by atoms with Gasteiger partial charge in [-0.05, 0) is 61.4 Å². The standard InChI is InChI=1S/C30H28Cl3F2N3O3S/c31-20-3-1-2-16(27(20)32)14-38(18-5-6-18)30(39)26-19(12-17-4-9-23(26)37-17)24-13-36-25(42-24)15-40-10-11-41-29-22(35)8-7-21(34)28(29)33/h1-3,7-8,13,17-18,23,37H,4-6,9-12,14-15H2. The minimum absolute atomic E-state index is 0.00340. The van der Waals surface area contributed by atoms with E-state index in [2.05, 4.69) is 10.3 Å². The maximum atomic E-state index is 14.2. The van der Waals surface area contributed by atoms with Gasteiger partial charge >= 0.3 is 0 Å². The summed E-state index contributed by atoms with van der Waals surface area (Å²) < 4.78 is 38.5. The van der Waals surface area contributed by atoms with E-state index < -0.39 is 16.7 Å². The molecule has 0 radical (unpaired) electrons. The first kappa shape index (κ1) is 29.8. The number of rotatable bonds is 11. The van der Waals surface area contributed by atoms with Crippen LogP contribution in [0.25, 0.3) is 5.57 Å². The van der Waals surface area contributed by atoms with E-state index in [0.717, 1.165) is 70.8 Å². The maximum Gasteiger partial charge on any atom is 0.252 e. The minimum Gasteiger partial charge on any atom is -0.486 e. The first-order valence-electron chi connectivity index (χ1n) is 13.8. The van der Waals surface area contributed by atoms with Crippen LogP contribution in [0.3, 0.4) is 0 Å². The number of hydrogen-bond acceptors (Lipinski definition) is 6. The Morgan fingerprint density at radius 3 is 2.67 bits per heavy atom. The molecule has 3 aromatic rings. The van der Waals surface area contributed by atoms with Gasteiger partial charge in [-0.2, -0.15) is 0 Å². The predicted molar refractivity (Wildman–Crippen MR) is 160 cm³/mol. The number of hydrogen-bond donors (Lipinski definition) is 1. The Balaban J connectivity index is 1.15. The highest BCUT2D eigenvalue weighted by Crippen LogP contribution is 2.42. The zero-order valence-electron chi connectivity index (χ0n) is 22.5. The second kappa shape index (κ2) is 12.8. The fourth-order valence-electron chi connectivity index (χ4n) is 5.57. The zero-order chi connectivity index (χ0) is 29.4. The predicted octanol–water partition coefficient (Wildman–Crippen LogP) is 7.45. The van der Waals surface area contributed by atoms with Gasteiger partial charge < -0.3 is 19.7 Å². The molecule has 6 nitrogen and oxygen atoms in total. The molecule has 2 fully saturated rings. The van der Waals surface area contributed by atoms with E-state index in [1.807, 2.05) is 23.2 Å². The van der Waals surface area contributed by atoms with E-state index in [1.165, 1.54) is 11.3 Å². The number of amides is 1. The van der Waals surface area contributed by atoms with Crippen molar-refractivity contribution in [3.05, 3.63) is 84.3 Å². The van der Waals surface area contributed by atoms with E-state index in [0.29, 0.717) is 22.6 Å². The third kappa shape index (κ3) is 6.32. The Morgan fingerprint density at radius 2 is 1.86 bits per heavy atom. The number of halogens is 5. The van der Waals surface area contributed by atoms with Crippen molar-refractivity contribution in [2.75, 3.05) is 13.2 Å². The Bertz CT molecular complexity index is 1530. The summed E-state index contributed by atoms with van der Waals surface area (Å²) in [5.74, 6) is -1.79. The molecule has 12 heteroatoms. The van der Waals surface area contributed by atoms with E-state index in [1.54, 1.807) is 6.07 Å². The van der Waals surface area contributed by atoms with Crippen LogP contribution >= 0.6 is 46.1 Å². The van der Waals surface area contributed by atoms with Crippen molar-refractivity contribution in [2.24, 2.45) is 0 Å². The molecule has 222 valence electrons. The van der Waals surface area contributed by atoms with Crippen LogP contribution in [0.15, 0.2) is 42.1 Å². The molecule has 0 spiro atoms. The Morgan fingerprint density at radius 1 is 1.05 bits per heavy atom.